The average Bonchev–Trinajstić information content (AvgIpc) is 3.24. The Kier molecular flexibility index (Phi) is 7.54. The van der Waals surface area contributed by atoms with Gasteiger partial charge < -0.3 is 10.1 Å². The lowest BCUT2D eigenvalue weighted by molar-refractivity contribution is 0.0817. The van der Waals surface area contributed by atoms with E-state index in [4.69, 9.17) is 21.6 Å². The number of amides is 1. The number of halogens is 1. The molecule has 0 radical (unpaired) electrons. The highest BCUT2D eigenvalue weighted by molar-refractivity contribution is 7.99. The third-order valence-corrected chi connectivity index (χ3v) is 7.07. The van der Waals surface area contributed by atoms with E-state index < -0.39 is 23.2 Å². The normalized spacial score (nSPS) is 16.7. The second-order valence-electron chi connectivity index (χ2n) is 8.22. The maximum Gasteiger partial charge on any atom is 0.407 e. The molecule has 1 N–H and O–H groups in total. The highest BCUT2D eigenvalue weighted by Gasteiger charge is 2.39. The number of aryl methyl sites for hydroxylation is 1. The van der Waals surface area contributed by atoms with Crippen molar-refractivity contribution in [2.45, 2.75) is 34.6 Å². The molecular formula is C27H21ClN2O4S. The lowest BCUT2D eigenvalue weighted by atomic mass is 9.90. The Balaban J connectivity index is 1.43. The Labute approximate surface area is 212 Å². The standard InChI is InChI=1S/C27H21ClN2O4S/c28-23-16-22(10-9-18(23)11-12-27(13-14-29)17-34-26(33)30-27)35-21-8-4-7-20(15-21)25(32)24(31)19-5-2-1-3-6-19/h1-10,15-16H,11-13,17H2,(H,30,33). The lowest BCUT2D eigenvalue weighted by Crippen LogP contribution is -2.43. The molecule has 176 valence electrons. The van der Waals surface area contributed by atoms with Gasteiger partial charge in [0.15, 0.2) is 0 Å². The molecule has 0 spiro atoms. The first kappa shape index (κ1) is 24.5. The number of benzene rings is 3. The number of rotatable bonds is 9. The van der Waals surface area contributed by atoms with Crippen LogP contribution >= 0.6 is 23.4 Å². The van der Waals surface area contributed by atoms with Crippen LogP contribution in [0.5, 0.6) is 0 Å². The molecular weight excluding hydrogens is 484 g/mol. The van der Waals surface area contributed by atoms with E-state index in [0.717, 1.165) is 15.4 Å². The minimum atomic E-state index is -0.702. The average molecular weight is 505 g/mol. The van der Waals surface area contributed by atoms with Gasteiger partial charge in [0.2, 0.25) is 11.6 Å². The lowest BCUT2D eigenvalue weighted by Gasteiger charge is -2.23. The number of carbonyl (C=O) groups is 3. The van der Waals surface area contributed by atoms with Crippen LogP contribution in [0, 0.1) is 11.3 Å². The maximum atomic E-state index is 12.7. The Morgan fingerprint density at radius 2 is 1.71 bits per heavy atom. The highest BCUT2D eigenvalue weighted by Crippen LogP contribution is 2.33. The summed E-state index contributed by atoms with van der Waals surface area (Å²) >= 11 is 7.96. The van der Waals surface area contributed by atoms with Gasteiger partial charge in [-0.25, -0.2) is 4.79 Å². The fraction of sp³-hybridized carbons (Fsp3) is 0.185. The van der Waals surface area contributed by atoms with E-state index >= 15 is 0 Å². The van der Waals surface area contributed by atoms with Crippen LogP contribution in [0.2, 0.25) is 5.02 Å². The summed E-state index contributed by atoms with van der Waals surface area (Å²) in [5, 5.41) is 12.4. The van der Waals surface area contributed by atoms with Crippen LogP contribution in [-0.2, 0) is 11.2 Å². The zero-order valence-electron chi connectivity index (χ0n) is 18.6. The fourth-order valence-electron chi connectivity index (χ4n) is 3.82. The van der Waals surface area contributed by atoms with Crippen LogP contribution in [0.15, 0.2) is 82.6 Å². The minimum absolute atomic E-state index is 0.159. The second kappa shape index (κ2) is 10.8. The number of cyclic esters (lactones) is 1. The number of ketones is 2. The molecule has 1 fully saturated rings. The van der Waals surface area contributed by atoms with Crippen molar-refractivity contribution in [3.63, 3.8) is 0 Å². The van der Waals surface area contributed by atoms with Crippen molar-refractivity contribution in [1.29, 1.82) is 5.26 Å². The molecule has 0 aromatic heterocycles. The van der Waals surface area contributed by atoms with Crippen LogP contribution in [-0.4, -0.2) is 29.8 Å². The molecule has 1 aliphatic rings. The molecule has 1 heterocycles. The second-order valence-corrected chi connectivity index (χ2v) is 9.78. The van der Waals surface area contributed by atoms with E-state index in [-0.39, 0.29) is 13.0 Å². The number of ether oxygens (including phenoxy) is 1. The van der Waals surface area contributed by atoms with Crippen molar-refractivity contribution in [3.05, 3.63) is 94.5 Å². The summed E-state index contributed by atoms with van der Waals surface area (Å²) in [5.41, 5.74) is 0.882. The zero-order valence-corrected chi connectivity index (χ0v) is 20.2. The van der Waals surface area contributed by atoms with Crippen molar-refractivity contribution in [2.75, 3.05) is 6.61 Å². The van der Waals surface area contributed by atoms with Gasteiger partial charge in [0.25, 0.3) is 0 Å². The van der Waals surface area contributed by atoms with E-state index in [1.54, 1.807) is 48.5 Å². The van der Waals surface area contributed by atoms with Crippen molar-refractivity contribution in [2.24, 2.45) is 0 Å². The molecule has 8 heteroatoms. The smallest absolute Gasteiger partial charge is 0.407 e. The number of hydrogen-bond acceptors (Lipinski definition) is 6. The third-order valence-electron chi connectivity index (χ3n) is 5.74. The van der Waals surface area contributed by atoms with Crippen molar-refractivity contribution < 1.29 is 19.1 Å². The van der Waals surface area contributed by atoms with E-state index in [9.17, 15) is 14.4 Å². The molecule has 3 aromatic carbocycles. The first-order valence-electron chi connectivity index (χ1n) is 10.9. The van der Waals surface area contributed by atoms with Gasteiger partial charge in [-0.2, -0.15) is 5.26 Å². The molecule has 4 rings (SSSR count). The molecule has 1 saturated heterocycles. The molecule has 3 aromatic rings. The predicted molar refractivity (Wildman–Crippen MR) is 133 cm³/mol. The number of carbonyl (C=O) groups excluding carboxylic acids is 3. The molecule has 0 saturated carbocycles. The summed E-state index contributed by atoms with van der Waals surface area (Å²) in [6.45, 7) is 0.160. The van der Waals surface area contributed by atoms with E-state index in [2.05, 4.69) is 11.4 Å². The number of nitriles is 1. The molecule has 1 aliphatic heterocycles. The summed E-state index contributed by atoms with van der Waals surface area (Å²) < 4.78 is 5.01. The summed E-state index contributed by atoms with van der Waals surface area (Å²) in [6, 6.07) is 23.2. The largest absolute Gasteiger partial charge is 0.447 e. The quantitative estimate of drug-likeness (QED) is 0.288. The number of alkyl carbamates (subject to hydrolysis) is 1. The van der Waals surface area contributed by atoms with Crippen molar-refractivity contribution in [3.8, 4) is 6.07 Å². The molecule has 0 bridgehead atoms. The number of nitrogens with zero attached hydrogens (tertiary/aromatic N) is 1. The van der Waals surface area contributed by atoms with Gasteiger partial charge in [-0.1, -0.05) is 71.9 Å². The molecule has 6 nitrogen and oxygen atoms in total. The fourth-order valence-corrected chi connectivity index (χ4v) is 5.08. The topological polar surface area (TPSA) is 96.3 Å². The highest BCUT2D eigenvalue weighted by atomic mass is 35.5. The molecule has 0 aliphatic carbocycles. The Morgan fingerprint density at radius 1 is 1.00 bits per heavy atom. The summed E-state index contributed by atoms with van der Waals surface area (Å²) in [5.74, 6) is -1.10. The van der Waals surface area contributed by atoms with E-state index in [0.29, 0.717) is 29.0 Å². The Bertz CT molecular complexity index is 1320. The van der Waals surface area contributed by atoms with Gasteiger partial charge in [-0.15, -0.1) is 0 Å². The molecule has 1 amide bonds. The number of nitrogens with one attached hydrogen (secondary N) is 1. The van der Waals surface area contributed by atoms with Crippen LogP contribution < -0.4 is 5.32 Å². The summed E-state index contributed by atoms with van der Waals surface area (Å²) in [6.07, 6.45) is 0.745. The van der Waals surface area contributed by atoms with Gasteiger partial charge >= 0.3 is 6.09 Å². The van der Waals surface area contributed by atoms with Crippen LogP contribution in [0.4, 0.5) is 4.79 Å². The SMILES string of the molecule is N#CCC1(CCc2ccc(Sc3cccc(C(=O)C(=O)c4ccccc4)c3)cc2Cl)COC(=O)N1. The van der Waals surface area contributed by atoms with Crippen LogP contribution in [0.25, 0.3) is 0 Å². The summed E-state index contributed by atoms with van der Waals surface area (Å²) in [7, 11) is 0. The van der Waals surface area contributed by atoms with Crippen molar-refractivity contribution >= 4 is 41.0 Å². The summed E-state index contributed by atoms with van der Waals surface area (Å²) in [4.78, 5) is 38.4. The monoisotopic (exact) mass is 504 g/mol. The minimum Gasteiger partial charge on any atom is -0.447 e. The Morgan fingerprint density at radius 3 is 2.40 bits per heavy atom. The maximum absolute atomic E-state index is 12.7. The van der Waals surface area contributed by atoms with Crippen LogP contribution in [0.1, 0.15) is 39.1 Å². The third kappa shape index (κ3) is 5.91. The van der Waals surface area contributed by atoms with Gasteiger partial charge in [-0.3, -0.25) is 9.59 Å². The predicted octanol–water partition coefficient (Wildman–Crippen LogP) is 5.88. The first-order valence-corrected chi connectivity index (χ1v) is 12.1. The number of hydrogen-bond donors (Lipinski definition) is 1. The van der Waals surface area contributed by atoms with Gasteiger partial charge in [0.1, 0.15) is 6.61 Å². The van der Waals surface area contributed by atoms with E-state index in [1.807, 2.05) is 24.3 Å². The van der Waals surface area contributed by atoms with E-state index in [1.165, 1.54) is 11.8 Å². The molecule has 1 atom stereocenters. The molecule has 35 heavy (non-hydrogen) atoms. The van der Waals surface area contributed by atoms with Crippen molar-refractivity contribution in [1.82, 2.24) is 5.32 Å². The number of Topliss-reactive ketones (excluding diaryl/α,β-unsaturated/α-hetero) is 2. The Hall–Kier alpha value is -3.60. The van der Waals surface area contributed by atoms with Crippen LogP contribution in [0.3, 0.4) is 0 Å². The first-order chi connectivity index (χ1) is 16.9. The van der Waals surface area contributed by atoms with Gasteiger partial charge in [0, 0.05) is 25.9 Å². The van der Waals surface area contributed by atoms with Gasteiger partial charge in [0.05, 0.1) is 18.0 Å². The molecule has 1 unspecified atom stereocenters. The zero-order chi connectivity index (χ0) is 24.8. The van der Waals surface area contributed by atoms with Gasteiger partial charge in [-0.05, 0) is 42.7 Å².